The molecule has 0 radical (unpaired) electrons. The fourth-order valence-corrected chi connectivity index (χ4v) is 2.57. The number of hydrogen-bond acceptors (Lipinski definition) is 3. The van der Waals surface area contributed by atoms with E-state index in [1.807, 2.05) is 0 Å². The lowest BCUT2D eigenvalue weighted by molar-refractivity contribution is 0.110. The Morgan fingerprint density at radius 2 is 2.29 bits per heavy atom. The van der Waals surface area contributed by atoms with Gasteiger partial charge in [0.1, 0.15) is 5.82 Å². The Hall–Kier alpha value is -1.66. The van der Waals surface area contributed by atoms with Crippen molar-refractivity contribution in [2.45, 2.75) is 25.0 Å². The van der Waals surface area contributed by atoms with E-state index in [-0.39, 0.29) is 30.6 Å². The molecule has 2 atom stereocenters. The number of aliphatic hydroxyl groups is 1. The van der Waals surface area contributed by atoms with Crippen molar-refractivity contribution in [1.82, 2.24) is 10.2 Å². The molecule has 2 N–H and O–H groups in total. The van der Waals surface area contributed by atoms with Crippen molar-refractivity contribution in [2.75, 3.05) is 26.8 Å². The number of ether oxygens (including phenoxy) is 1. The molecule has 6 heteroatoms. The number of halogens is 1. The molecule has 0 unspecified atom stereocenters. The average molecular weight is 296 g/mol. The smallest absolute Gasteiger partial charge is 0.317 e. The summed E-state index contributed by atoms with van der Waals surface area (Å²) in [6, 6.07) is 6.05. The van der Waals surface area contributed by atoms with E-state index in [0.29, 0.717) is 31.5 Å². The van der Waals surface area contributed by atoms with E-state index in [0.717, 1.165) is 0 Å². The van der Waals surface area contributed by atoms with Crippen LogP contribution in [0.4, 0.5) is 9.18 Å². The summed E-state index contributed by atoms with van der Waals surface area (Å²) in [5, 5.41) is 12.1. The second-order valence-corrected chi connectivity index (χ2v) is 5.16. The highest BCUT2D eigenvalue weighted by atomic mass is 19.1. The second-order valence-electron chi connectivity index (χ2n) is 5.16. The van der Waals surface area contributed by atoms with Gasteiger partial charge < -0.3 is 20.1 Å². The first-order chi connectivity index (χ1) is 10.2. The van der Waals surface area contributed by atoms with Crippen LogP contribution in [-0.2, 0) is 11.2 Å². The number of benzene rings is 1. The largest absolute Gasteiger partial charge is 0.394 e. The summed E-state index contributed by atoms with van der Waals surface area (Å²) in [4.78, 5) is 13.7. The number of methoxy groups -OCH3 is 1. The summed E-state index contributed by atoms with van der Waals surface area (Å²) in [6.07, 6.45) is 1.02. The van der Waals surface area contributed by atoms with Crippen molar-refractivity contribution in [2.24, 2.45) is 0 Å². The number of amides is 2. The van der Waals surface area contributed by atoms with Crippen molar-refractivity contribution in [3.63, 3.8) is 0 Å². The molecule has 1 fully saturated rings. The van der Waals surface area contributed by atoms with Crippen LogP contribution in [0, 0.1) is 5.82 Å². The highest BCUT2D eigenvalue weighted by Crippen LogP contribution is 2.19. The third kappa shape index (κ3) is 3.92. The molecule has 1 aromatic carbocycles. The van der Waals surface area contributed by atoms with Crippen LogP contribution in [0.25, 0.3) is 0 Å². The van der Waals surface area contributed by atoms with Crippen LogP contribution >= 0.6 is 0 Å². The summed E-state index contributed by atoms with van der Waals surface area (Å²) in [7, 11) is 1.60. The van der Waals surface area contributed by atoms with Gasteiger partial charge in [-0.3, -0.25) is 0 Å². The van der Waals surface area contributed by atoms with E-state index in [2.05, 4.69) is 5.32 Å². The number of rotatable bonds is 5. The quantitative estimate of drug-likeness (QED) is 0.857. The molecular weight excluding hydrogens is 275 g/mol. The van der Waals surface area contributed by atoms with Crippen molar-refractivity contribution in [3.8, 4) is 0 Å². The van der Waals surface area contributed by atoms with Gasteiger partial charge in [0.2, 0.25) is 0 Å². The van der Waals surface area contributed by atoms with Crippen LogP contribution in [0.5, 0.6) is 0 Å². The number of nitrogens with zero attached hydrogens (tertiary/aromatic N) is 1. The Morgan fingerprint density at radius 1 is 1.52 bits per heavy atom. The summed E-state index contributed by atoms with van der Waals surface area (Å²) in [6.45, 7) is 0.736. The fourth-order valence-electron chi connectivity index (χ4n) is 2.57. The minimum atomic E-state index is -0.263. The van der Waals surface area contributed by atoms with Gasteiger partial charge in [0, 0.05) is 20.2 Å². The first kappa shape index (κ1) is 15.7. The Balaban J connectivity index is 1.83. The van der Waals surface area contributed by atoms with E-state index in [4.69, 9.17) is 4.74 Å². The summed E-state index contributed by atoms with van der Waals surface area (Å²) in [5.41, 5.74) is 0.577. The van der Waals surface area contributed by atoms with Gasteiger partial charge >= 0.3 is 6.03 Å². The van der Waals surface area contributed by atoms with Crippen LogP contribution in [0.15, 0.2) is 24.3 Å². The predicted molar refractivity (Wildman–Crippen MR) is 76.5 cm³/mol. The van der Waals surface area contributed by atoms with Crippen LogP contribution < -0.4 is 5.32 Å². The molecule has 1 aromatic rings. The van der Waals surface area contributed by atoms with E-state index >= 15 is 0 Å². The van der Waals surface area contributed by atoms with Crippen LogP contribution in [0.1, 0.15) is 12.0 Å². The Labute approximate surface area is 123 Å². The van der Waals surface area contributed by atoms with Gasteiger partial charge in [-0.25, -0.2) is 9.18 Å². The number of urea groups is 1. The van der Waals surface area contributed by atoms with Gasteiger partial charge in [0.15, 0.2) is 0 Å². The molecule has 0 spiro atoms. The predicted octanol–water partition coefficient (Wildman–Crippen LogP) is 1.16. The minimum Gasteiger partial charge on any atom is -0.394 e. The number of aliphatic hydroxyl groups excluding tert-OH is 1. The molecule has 2 rings (SSSR count). The number of carbonyl (C=O) groups excluding carboxylic acids is 1. The van der Waals surface area contributed by atoms with Crippen LogP contribution in [-0.4, -0.2) is 55.0 Å². The third-order valence-electron chi connectivity index (χ3n) is 3.81. The lowest BCUT2D eigenvalue weighted by Crippen LogP contribution is -2.45. The second kappa shape index (κ2) is 7.38. The molecule has 0 bridgehead atoms. The van der Waals surface area contributed by atoms with Crippen molar-refractivity contribution in [3.05, 3.63) is 35.6 Å². The average Bonchev–Trinajstić information content (AvgIpc) is 2.92. The van der Waals surface area contributed by atoms with E-state index in [9.17, 15) is 14.3 Å². The number of nitrogens with one attached hydrogen (secondary N) is 1. The first-order valence-electron chi connectivity index (χ1n) is 7.07. The maximum Gasteiger partial charge on any atom is 0.317 e. The molecule has 0 saturated carbocycles. The SMILES string of the molecule is CO[C@@H]1C[C@@H](CO)N(C(=O)NCCc2ccccc2F)C1. The number of hydrogen-bond donors (Lipinski definition) is 2. The maximum absolute atomic E-state index is 13.5. The zero-order chi connectivity index (χ0) is 15.2. The van der Waals surface area contributed by atoms with Crippen LogP contribution in [0.2, 0.25) is 0 Å². The van der Waals surface area contributed by atoms with Gasteiger partial charge in [-0.1, -0.05) is 18.2 Å². The Kier molecular flexibility index (Phi) is 5.52. The van der Waals surface area contributed by atoms with Gasteiger partial charge in [-0.15, -0.1) is 0 Å². The molecule has 1 aliphatic heterocycles. The van der Waals surface area contributed by atoms with E-state index in [1.54, 1.807) is 30.2 Å². The third-order valence-corrected chi connectivity index (χ3v) is 3.81. The number of likely N-dealkylation sites (tertiary alicyclic amines) is 1. The van der Waals surface area contributed by atoms with E-state index < -0.39 is 0 Å². The van der Waals surface area contributed by atoms with Gasteiger partial charge in [-0.2, -0.15) is 0 Å². The molecule has 1 saturated heterocycles. The monoisotopic (exact) mass is 296 g/mol. The molecule has 5 nitrogen and oxygen atoms in total. The topological polar surface area (TPSA) is 61.8 Å². The van der Waals surface area contributed by atoms with Gasteiger partial charge in [-0.05, 0) is 24.5 Å². The van der Waals surface area contributed by atoms with Crippen molar-refractivity contribution >= 4 is 6.03 Å². The lowest BCUT2D eigenvalue weighted by atomic mass is 10.1. The minimum absolute atomic E-state index is 0.0422. The summed E-state index contributed by atoms with van der Waals surface area (Å²) in [5.74, 6) is -0.263. The zero-order valence-corrected chi connectivity index (χ0v) is 12.1. The molecule has 0 aromatic heterocycles. The van der Waals surface area contributed by atoms with Gasteiger partial charge in [0.05, 0.1) is 18.8 Å². The Morgan fingerprint density at radius 3 is 2.95 bits per heavy atom. The van der Waals surface area contributed by atoms with Crippen LogP contribution in [0.3, 0.4) is 0 Å². The normalized spacial score (nSPS) is 21.6. The lowest BCUT2D eigenvalue weighted by Gasteiger charge is -2.23. The summed E-state index contributed by atoms with van der Waals surface area (Å²) < 4.78 is 18.7. The van der Waals surface area contributed by atoms with Crippen molar-refractivity contribution < 1.29 is 19.0 Å². The molecule has 21 heavy (non-hydrogen) atoms. The first-order valence-corrected chi connectivity index (χ1v) is 7.07. The molecule has 1 heterocycles. The van der Waals surface area contributed by atoms with Gasteiger partial charge in [0.25, 0.3) is 0 Å². The molecule has 0 aliphatic carbocycles. The Bertz CT molecular complexity index is 484. The molecule has 116 valence electrons. The maximum atomic E-state index is 13.5. The zero-order valence-electron chi connectivity index (χ0n) is 12.1. The van der Waals surface area contributed by atoms with Crippen molar-refractivity contribution in [1.29, 1.82) is 0 Å². The highest BCUT2D eigenvalue weighted by Gasteiger charge is 2.34. The number of carbonyl (C=O) groups is 1. The molecular formula is C15H21FN2O3. The van der Waals surface area contributed by atoms with E-state index in [1.165, 1.54) is 6.07 Å². The highest BCUT2D eigenvalue weighted by molar-refractivity contribution is 5.75. The summed E-state index contributed by atoms with van der Waals surface area (Å²) >= 11 is 0. The molecule has 1 aliphatic rings. The standard InChI is InChI=1S/C15H21FN2O3/c1-21-13-8-12(10-19)18(9-13)15(20)17-7-6-11-4-2-3-5-14(11)16/h2-5,12-13,19H,6-10H2,1H3,(H,17,20)/t12-,13+/m0/s1. The molecule has 2 amide bonds. The fraction of sp³-hybridized carbons (Fsp3) is 0.533.